The lowest BCUT2D eigenvalue weighted by Gasteiger charge is -2.24. The van der Waals surface area contributed by atoms with E-state index >= 15 is 0 Å². The molecule has 2 aromatic heterocycles. The Morgan fingerprint density at radius 3 is 2.88 bits per heavy atom. The number of nitrogens with zero attached hydrogens (tertiary/aromatic N) is 2. The van der Waals surface area contributed by atoms with Crippen LogP contribution >= 0.6 is 0 Å². The number of aromatic amines is 1. The first-order chi connectivity index (χ1) is 7.52. The lowest BCUT2D eigenvalue weighted by molar-refractivity contribution is 0.234. The van der Waals surface area contributed by atoms with Gasteiger partial charge in [-0.15, -0.1) is 0 Å². The van der Waals surface area contributed by atoms with Crippen LogP contribution in [0.4, 0.5) is 5.82 Å². The molecule has 0 aliphatic carbocycles. The molecule has 0 aliphatic heterocycles. The van der Waals surface area contributed by atoms with Crippen LogP contribution in [0.5, 0.6) is 0 Å². The van der Waals surface area contributed by atoms with Gasteiger partial charge in [0.25, 0.3) is 0 Å². The van der Waals surface area contributed by atoms with Crippen molar-refractivity contribution in [2.24, 2.45) is 0 Å². The van der Waals surface area contributed by atoms with Crippen LogP contribution in [0.3, 0.4) is 0 Å². The molecule has 86 valence electrons. The molecule has 2 aromatic rings. The van der Waals surface area contributed by atoms with E-state index in [-0.39, 0.29) is 6.61 Å². The van der Waals surface area contributed by atoms with Crippen LogP contribution in [-0.2, 0) is 0 Å². The number of aryl methyl sites for hydroxylation is 1. The highest BCUT2D eigenvalue weighted by atomic mass is 16.3. The maximum absolute atomic E-state index is 9.22. The standard InChI is InChI=1S/C11H16N4O/c1-7-4-8-9(14-7)12-6-13-10(8)15-11(2,3)5-16/h4,6,16H,5H2,1-3H3,(H2,12,13,14,15). The molecule has 0 saturated heterocycles. The maximum atomic E-state index is 9.22. The number of anilines is 1. The molecule has 0 unspecified atom stereocenters. The van der Waals surface area contributed by atoms with E-state index in [4.69, 9.17) is 0 Å². The minimum absolute atomic E-state index is 0.0436. The van der Waals surface area contributed by atoms with Crippen molar-refractivity contribution < 1.29 is 5.11 Å². The van der Waals surface area contributed by atoms with Crippen LogP contribution in [-0.4, -0.2) is 32.2 Å². The van der Waals surface area contributed by atoms with Crippen molar-refractivity contribution >= 4 is 16.9 Å². The van der Waals surface area contributed by atoms with Gasteiger partial charge in [-0.25, -0.2) is 9.97 Å². The number of fused-ring (bicyclic) bond motifs is 1. The van der Waals surface area contributed by atoms with Crippen LogP contribution < -0.4 is 5.32 Å². The first-order valence-corrected chi connectivity index (χ1v) is 5.21. The van der Waals surface area contributed by atoms with Crippen molar-refractivity contribution in [3.05, 3.63) is 18.1 Å². The quantitative estimate of drug-likeness (QED) is 0.732. The zero-order chi connectivity index (χ0) is 11.8. The molecule has 3 N–H and O–H groups in total. The fourth-order valence-electron chi connectivity index (χ4n) is 1.53. The fourth-order valence-corrected chi connectivity index (χ4v) is 1.53. The lowest BCUT2D eigenvalue weighted by Crippen LogP contribution is -2.35. The largest absolute Gasteiger partial charge is 0.394 e. The van der Waals surface area contributed by atoms with Gasteiger partial charge in [-0.05, 0) is 26.8 Å². The lowest BCUT2D eigenvalue weighted by atomic mass is 10.1. The molecule has 0 saturated carbocycles. The monoisotopic (exact) mass is 220 g/mol. The molecule has 2 rings (SSSR count). The van der Waals surface area contributed by atoms with Crippen molar-refractivity contribution in [3.8, 4) is 0 Å². The normalized spacial score (nSPS) is 12.0. The first kappa shape index (κ1) is 10.9. The second-order valence-corrected chi connectivity index (χ2v) is 4.60. The molecule has 16 heavy (non-hydrogen) atoms. The highest BCUT2D eigenvalue weighted by molar-refractivity contribution is 5.87. The number of aromatic nitrogens is 3. The molecule has 0 aliphatic rings. The number of hydrogen-bond donors (Lipinski definition) is 3. The summed E-state index contributed by atoms with van der Waals surface area (Å²) >= 11 is 0. The van der Waals surface area contributed by atoms with Gasteiger partial charge in [-0.3, -0.25) is 0 Å². The zero-order valence-electron chi connectivity index (χ0n) is 9.70. The molecular weight excluding hydrogens is 204 g/mol. The Labute approximate surface area is 93.9 Å². The van der Waals surface area contributed by atoms with E-state index in [0.717, 1.165) is 22.5 Å². The highest BCUT2D eigenvalue weighted by Gasteiger charge is 2.18. The first-order valence-electron chi connectivity index (χ1n) is 5.21. The molecule has 0 atom stereocenters. The smallest absolute Gasteiger partial charge is 0.143 e. The third-order valence-electron chi connectivity index (χ3n) is 2.41. The summed E-state index contributed by atoms with van der Waals surface area (Å²) in [6, 6.07) is 1.99. The molecule has 2 heterocycles. The maximum Gasteiger partial charge on any atom is 0.143 e. The number of aliphatic hydroxyl groups excluding tert-OH is 1. The van der Waals surface area contributed by atoms with Gasteiger partial charge in [0.2, 0.25) is 0 Å². The number of hydrogen-bond acceptors (Lipinski definition) is 4. The van der Waals surface area contributed by atoms with Gasteiger partial charge < -0.3 is 15.4 Å². The van der Waals surface area contributed by atoms with Gasteiger partial charge in [0.15, 0.2) is 0 Å². The minimum Gasteiger partial charge on any atom is -0.394 e. The molecule has 0 fully saturated rings. The summed E-state index contributed by atoms with van der Waals surface area (Å²) in [5, 5.41) is 13.4. The Morgan fingerprint density at radius 2 is 2.19 bits per heavy atom. The summed E-state index contributed by atoms with van der Waals surface area (Å²) in [6.45, 7) is 5.85. The van der Waals surface area contributed by atoms with Gasteiger partial charge in [-0.2, -0.15) is 0 Å². The Bertz CT molecular complexity index is 504. The summed E-state index contributed by atoms with van der Waals surface area (Å²) in [4.78, 5) is 11.5. The van der Waals surface area contributed by atoms with E-state index in [1.54, 1.807) is 0 Å². The number of aliphatic hydroxyl groups is 1. The van der Waals surface area contributed by atoms with E-state index < -0.39 is 5.54 Å². The van der Waals surface area contributed by atoms with Crippen molar-refractivity contribution in [3.63, 3.8) is 0 Å². The second-order valence-electron chi connectivity index (χ2n) is 4.60. The average molecular weight is 220 g/mol. The zero-order valence-corrected chi connectivity index (χ0v) is 9.70. The van der Waals surface area contributed by atoms with E-state index in [1.165, 1.54) is 6.33 Å². The minimum atomic E-state index is -0.396. The third-order valence-corrected chi connectivity index (χ3v) is 2.41. The van der Waals surface area contributed by atoms with Gasteiger partial charge in [0, 0.05) is 5.69 Å². The predicted molar refractivity (Wildman–Crippen MR) is 63.4 cm³/mol. The summed E-state index contributed by atoms with van der Waals surface area (Å²) in [5.74, 6) is 0.744. The van der Waals surface area contributed by atoms with Crippen LogP contribution in [0.2, 0.25) is 0 Å². The van der Waals surface area contributed by atoms with Crippen molar-refractivity contribution in [2.45, 2.75) is 26.3 Å². The molecule has 5 heteroatoms. The number of rotatable bonds is 3. The van der Waals surface area contributed by atoms with Crippen molar-refractivity contribution in [1.29, 1.82) is 0 Å². The van der Waals surface area contributed by atoms with E-state index in [2.05, 4.69) is 20.3 Å². The Balaban J connectivity index is 2.44. The molecule has 0 aromatic carbocycles. The van der Waals surface area contributed by atoms with E-state index in [1.807, 2.05) is 26.8 Å². The van der Waals surface area contributed by atoms with Crippen molar-refractivity contribution in [2.75, 3.05) is 11.9 Å². The van der Waals surface area contributed by atoms with E-state index in [0.29, 0.717) is 0 Å². The Kier molecular flexibility index (Phi) is 2.55. The Hall–Kier alpha value is -1.62. The number of H-pyrrole nitrogens is 1. The summed E-state index contributed by atoms with van der Waals surface area (Å²) in [6.07, 6.45) is 1.51. The molecule has 0 amide bonds. The second kappa shape index (κ2) is 3.75. The van der Waals surface area contributed by atoms with Crippen LogP contribution in [0.25, 0.3) is 11.0 Å². The third kappa shape index (κ3) is 1.99. The van der Waals surface area contributed by atoms with Gasteiger partial charge in [0.1, 0.15) is 17.8 Å². The molecular formula is C11H16N4O. The van der Waals surface area contributed by atoms with E-state index in [9.17, 15) is 5.11 Å². The van der Waals surface area contributed by atoms with Crippen LogP contribution in [0.1, 0.15) is 19.5 Å². The summed E-state index contributed by atoms with van der Waals surface area (Å²) < 4.78 is 0. The van der Waals surface area contributed by atoms with Crippen molar-refractivity contribution in [1.82, 2.24) is 15.0 Å². The average Bonchev–Trinajstić information content (AvgIpc) is 2.59. The Morgan fingerprint density at radius 1 is 1.44 bits per heavy atom. The number of nitrogens with one attached hydrogen (secondary N) is 2. The summed E-state index contributed by atoms with van der Waals surface area (Å²) in [7, 11) is 0. The van der Waals surface area contributed by atoms with Gasteiger partial charge in [-0.1, -0.05) is 0 Å². The molecule has 5 nitrogen and oxygen atoms in total. The van der Waals surface area contributed by atoms with Crippen LogP contribution in [0.15, 0.2) is 12.4 Å². The molecule has 0 radical (unpaired) electrons. The van der Waals surface area contributed by atoms with Crippen LogP contribution in [0, 0.1) is 6.92 Å². The summed E-state index contributed by atoms with van der Waals surface area (Å²) in [5.41, 5.74) is 1.45. The highest BCUT2D eigenvalue weighted by Crippen LogP contribution is 2.22. The molecule has 0 bridgehead atoms. The van der Waals surface area contributed by atoms with Gasteiger partial charge >= 0.3 is 0 Å². The van der Waals surface area contributed by atoms with Gasteiger partial charge in [0.05, 0.1) is 17.5 Å². The topological polar surface area (TPSA) is 73.8 Å². The fraction of sp³-hybridized carbons (Fsp3) is 0.455. The predicted octanol–water partition coefficient (Wildman–Crippen LogP) is 1.45. The molecule has 0 spiro atoms. The SMILES string of the molecule is Cc1cc2c(NC(C)(C)CO)ncnc2[nH]1.